The highest BCUT2D eigenvalue weighted by Gasteiger charge is 2.10. The number of rotatable bonds is 5. The Morgan fingerprint density at radius 3 is 2.65 bits per heavy atom. The summed E-state index contributed by atoms with van der Waals surface area (Å²) >= 11 is 3.31. The Labute approximate surface area is 110 Å². The van der Waals surface area contributed by atoms with E-state index in [2.05, 4.69) is 15.9 Å². The highest BCUT2D eigenvalue weighted by atomic mass is 79.9. The molecule has 4 heteroatoms. The summed E-state index contributed by atoms with van der Waals surface area (Å²) in [5.74, 6) is 1.17. The maximum Gasteiger partial charge on any atom is 0.154 e. The molecule has 3 nitrogen and oxygen atoms in total. The Morgan fingerprint density at radius 2 is 2.12 bits per heavy atom. The van der Waals surface area contributed by atoms with Crippen LogP contribution in [0.25, 0.3) is 0 Å². The average molecular weight is 299 g/mol. The lowest BCUT2D eigenvalue weighted by atomic mass is 10.2. The van der Waals surface area contributed by atoms with Crippen LogP contribution in [0.2, 0.25) is 0 Å². The lowest BCUT2D eigenvalue weighted by molar-refractivity contribution is 0.111. The monoisotopic (exact) mass is 298 g/mol. The molecule has 92 valence electrons. The molecule has 0 saturated carbocycles. The van der Waals surface area contributed by atoms with E-state index < -0.39 is 0 Å². The van der Waals surface area contributed by atoms with Gasteiger partial charge in [0.1, 0.15) is 18.1 Å². The third kappa shape index (κ3) is 3.89. The number of hydrogen-bond acceptors (Lipinski definition) is 3. The van der Waals surface area contributed by atoms with Gasteiger partial charge in [0.2, 0.25) is 0 Å². The molecule has 0 amide bonds. The predicted molar refractivity (Wildman–Crippen MR) is 71.0 cm³/mol. The number of benzene rings is 1. The highest BCUT2D eigenvalue weighted by Crippen LogP contribution is 2.31. The molecular formula is C13H15BrO3. The van der Waals surface area contributed by atoms with E-state index in [9.17, 15) is 4.79 Å². The van der Waals surface area contributed by atoms with Crippen molar-refractivity contribution in [3.63, 3.8) is 0 Å². The minimum atomic E-state index is 0.433. The molecule has 0 fully saturated rings. The number of hydrogen-bond donors (Lipinski definition) is 0. The van der Waals surface area contributed by atoms with Crippen LogP contribution in [-0.4, -0.2) is 20.0 Å². The van der Waals surface area contributed by atoms with Crippen LogP contribution in [0.3, 0.4) is 0 Å². The summed E-state index contributed by atoms with van der Waals surface area (Å²) in [6.45, 7) is 4.42. The van der Waals surface area contributed by atoms with Crippen molar-refractivity contribution < 1.29 is 14.3 Å². The Hall–Kier alpha value is -1.29. The Balaban J connectivity index is 2.99. The summed E-state index contributed by atoms with van der Waals surface area (Å²) in [5, 5.41) is 0. The van der Waals surface area contributed by atoms with Gasteiger partial charge >= 0.3 is 0 Å². The zero-order chi connectivity index (χ0) is 12.8. The molecule has 0 radical (unpaired) electrons. The molecule has 0 atom stereocenters. The average Bonchev–Trinajstić information content (AvgIpc) is 2.28. The van der Waals surface area contributed by atoms with Crippen LogP contribution < -0.4 is 9.47 Å². The maximum atomic E-state index is 11.0. The van der Waals surface area contributed by atoms with Crippen LogP contribution in [0.4, 0.5) is 0 Å². The number of halogens is 1. The smallest absolute Gasteiger partial charge is 0.154 e. The molecule has 1 rings (SSSR count). The van der Waals surface area contributed by atoms with Crippen molar-refractivity contribution in [2.24, 2.45) is 0 Å². The van der Waals surface area contributed by atoms with Gasteiger partial charge in [-0.05, 0) is 41.9 Å². The van der Waals surface area contributed by atoms with Crippen LogP contribution in [0.5, 0.6) is 11.5 Å². The van der Waals surface area contributed by atoms with Crippen molar-refractivity contribution >= 4 is 22.2 Å². The van der Waals surface area contributed by atoms with E-state index in [1.165, 1.54) is 5.57 Å². The van der Waals surface area contributed by atoms with E-state index in [0.29, 0.717) is 28.1 Å². The second kappa shape index (κ2) is 6.45. The van der Waals surface area contributed by atoms with Crippen LogP contribution in [-0.2, 0) is 0 Å². The fourth-order valence-corrected chi connectivity index (χ4v) is 1.73. The minimum absolute atomic E-state index is 0.433. The number of carbonyl (C=O) groups excluding carboxylic acids is 1. The second-order valence-electron chi connectivity index (χ2n) is 3.73. The van der Waals surface area contributed by atoms with Crippen LogP contribution in [0.1, 0.15) is 24.2 Å². The third-order valence-corrected chi connectivity index (χ3v) is 2.81. The van der Waals surface area contributed by atoms with Crippen molar-refractivity contribution in [2.75, 3.05) is 13.7 Å². The van der Waals surface area contributed by atoms with Crippen molar-refractivity contribution in [2.45, 2.75) is 13.8 Å². The number of ether oxygens (including phenoxy) is 2. The first-order valence-electron chi connectivity index (χ1n) is 5.17. The number of allylic oxidation sites excluding steroid dienone is 1. The quantitative estimate of drug-likeness (QED) is 0.615. The van der Waals surface area contributed by atoms with Gasteiger partial charge in [-0.2, -0.15) is 0 Å². The molecule has 0 aliphatic rings. The van der Waals surface area contributed by atoms with Gasteiger partial charge in [-0.1, -0.05) is 5.57 Å². The predicted octanol–water partition coefficient (Wildman–Crippen LogP) is 3.62. The van der Waals surface area contributed by atoms with E-state index in [1.54, 1.807) is 19.2 Å². The number of aldehydes is 1. The van der Waals surface area contributed by atoms with E-state index in [1.807, 2.05) is 19.9 Å². The minimum Gasteiger partial charge on any atom is -0.497 e. The van der Waals surface area contributed by atoms with E-state index in [0.717, 1.165) is 6.29 Å². The summed E-state index contributed by atoms with van der Waals surface area (Å²) in [6.07, 6.45) is 2.71. The molecule has 1 aromatic rings. The van der Waals surface area contributed by atoms with Crippen LogP contribution in [0, 0.1) is 0 Å². The van der Waals surface area contributed by atoms with Gasteiger partial charge in [0.05, 0.1) is 12.7 Å². The van der Waals surface area contributed by atoms with E-state index in [4.69, 9.17) is 9.47 Å². The SMILES string of the molecule is COc1cc(Br)c(C=O)c(OCC=C(C)C)c1. The first-order valence-corrected chi connectivity index (χ1v) is 5.96. The van der Waals surface area contributed by atoms with Crippen molar-refractivity contribution in [1.29, 1.82) is 0 Å². The van der Waals surface area contributed by atoms with Gasteiger partial charge < -0.3 is 9.47 Å². The number of methoxy groups -OCH3 is 1. The Kier molecular flexibility index (Phi) is 5.22. The highest BCUT2D eigenvalue weighted by molar-refractivity contribution is 9.10. The van der Waals surface area contributed by atoms with Crippen molar-refractivity contribution in [3.05, 3.63) is 33.8 Å². The lowest BCUT2D eigenvalue weighted by Gasteiger charge is -2.10. The summed E-state index contributed by atoms with van der Waals surface area (Å²) in [7, 11) is 1.57. The van der Waals surface area contributed by atoms with Crippen molar-refractivity contribution in [1.82, 2.24) is 0 Å². The fourth-order valence-electron chi connectivity index (χ4n) is 1.22. The summed E-state index contributed by atoms with van der Waals surface area (Å²) in [4.78, 5) is 11.0. The van der Waals surface area contributed by atoms with Gasteiger partial charge in [0.15, 0.2) is 6.29 Å². The molecule has 0 bridgehead atoms. The van der Waals surface area contributed by atoms with Gasteiger partial charge in [-0.15, -0.1) is 0 Å². The van der Waals surface area contributed by atoms with Crippen molar-refractivity contribution in [3.8, 4) is 11.5 Å². The van der Waals surface area contributed by atoms with Gasteiger partial charge in [0, 0.05) is 10.5 Å². The Morgan fingerprint density at radius 1 is 1.41 bits per heavy atom. The van der Waals surface area contributed by atoms with Crippen LogP contribution >= 0.6 is 15.9 Å². The summed E-state index contributed by atoms with van der Waals surface area (Å²) in [5.41, 5.74) is 1.66. The third-order valence-electron chi connectivity index (χ3n) is 2.15. The molecule has 0 aliphatic carbocycles. The zero-order valence-electron chi connectivity index (χ0n) is 10.1. The first-order chi connectivity index (χ1) is 8.08. The van der Waals surface area contributed by atoms with Gasteiger partial charge in [-0.3, -0.25) is 4.79 Å². The van der Waals surface area contributed by atoms with E-state index >= 15 is 0 Å². The molecule has 0 unspecified atom stereocenters. The molecule has 0 N–H and O–H groups in total. The topological polar surface area (TPSA) is 35.5 Å². The normalized spacial score (nSPS) is 9.65. The van der Waals surface area contributed by atoms with Crippen LogP contribution in [0.15, 0.2) is 28.3 Å². The molecule has 0 aliphatic heterocycles. The largest absolute Gasteiger partial charge is 0.497 e. The standard InChI is InChI=1S/C13H15BrO3/c1-9(2)4-5-17-13-7-10(16-3)6-12(14)11(13)8-15/h4,6-8H,5H2,1-3H3. The molecule has 17 heavy (non-hydrogen) atoms. The first kappa shape index (κ1) is 13.8. The fraction of sp³-hybridized carbons (Fsp3) is 0.308. The summed E-state index contributed by atoms with van der Waals surface area (Å²) < 4.78 is 11.3. The maximum absolute atomic E-state index is 11.0. The molecular weight excluding hydrogens is 284 g/mol. The van der Waals surface area contributed by atoms with Gasteiger partial charge in [0.25, 0.3) is 0 Å². The molecule has 1 aromatic carbocycles. The second-order valence-corrected chi connectivity index (χ2v) is 4.59. The molecule has 0 heterocycles. The number of carbonyl (C=O) groups is 1. The van der Waals surface area contributed by atoms with Gasteiger partial charge in [-0.25, -0.2) is 0 Å². The lowest BCUT2D eigenvalue weighted by Crippen LogP contribution is -1.99. The zero-order valence-corrected chi connectivity index (χ0v) is 11.7. The Bertz CT molecular complexity index is 435. The molecule has 0 spiro atoms. The summed E-state index contributed by atoms with van der Waals surface area (Å²) in [6, 6.07) is 3.44. The molecule has 0 aromatic heterocycles. The van der Waals surface area contributed by atoms with E-state index in [-0.39, 0.29) is 0 Å². The molecule has 0 saturated heterocycles.